The third-order valence-corrected chi connectivity index (χ3v) is 13.3. The van der Waals surface area contributed by atoms with Crippen molar-refractivity contribution in [2.75, 3.05) is 53.7 Å². The smallest absolute Gasteiger partial charge is 0.348 e. The van der Waals surface area contributed by atoms with E-state index in [2.05, 4.69) is 14.1 Å². The van der Waals surface area contributed by atoms with Gasteiger partial charge >= 0.3 is 11.9 Å². The van der Waals surface area contributed by atoms with E-state index in [1.54, 1.807) is 0 Å². The summed E-state index contributed by atoms with van der Waals surface area (Å²) in [6.45, 7) is 5.47. The molecule has 7 rings (SSSR count). The fraction of sp³-hybridized carbons (Fsp3) is 0.667. The number of fused-ring (bicyclic) bond motifs is 2. The Bertz CT molecular complexity index is 1390. The highest BCUT2D eigenvalue weighted by Crippen LogP contribution is 2.73. The molecular weight excluding hydrogens is 628 g/mol. The van der Waals surface area contributed by atoms with Gasteiger partial charge < -0.3 is 27.9 Å². The van der Waals surface area contributed by atoms with Crippen molar-refractivity contribution in [1.82, 2.24) is 0 Å². The van der Waals surface area contributed by atoms with Crippen molar-refractivity contribution in [2.24, 2.45) is 5.41 Å². The molecule has 2 spiro atoms. The van der Waals surface area contributed by atoms with E-state index in [1.165, 1.54) is 69.1 Å². The molecule has 2 aliphatic carbocycles. The van der Waals surface area contributed by atoms with Gasteiger partial charge in [-0.1, -0.05) is 92.8 Å². The van der Waals surface area contributed by atoms with Crippen LogP contribution < -0.4 is 0 Å². The van der Waals surface area contributed by atoms with E-state index in [9.17, 15) is 9.59 Å². The van der Waals surface area contributed by atoms with Gasteiger partial charge in [0.2, 0.25) is 5.60 Å². The number of quaternary nitrogens is 2. The van der Waals surface area contributed by atoms with E-state index in [4.69, 9.17) is 18.9 Å². The maximum atomic E-state index is 14.5. The van der Waals surface area contributed by atoms with Crippen LogP contribution in [-0.2, 0) is 34.1 Å². The van der Waals surface area contributed by atoms with Gasteiger partial charge in [0.15, 0.2) is 6.79 Å². The van der Waals surface area contributed by atoms with E-state index < -0.39 is 11.6 Å². The summed E-state index contributed by atoms with van der Waals surface area (Å²) >= 11 is 0. The second-order valence-corrected chi connectivity index (χ2v) is 16.6. The Morgan fingerprint density at radius 1 is 0.800 bits per heavy atom. The highest BCUT2D eigenvalue weighted by atomic mass is 16.7. The number of carbonyl (C=O) groups is 2. The van der Waals surface area contributed by atoms with E-state index in [-0.39, 0.29) is 24.3 Å². The van der Waals surface area contributed by atoms with Gasteiger partial charge in [-0.25, -0.2) is 4.79 Å². The van der Waals surface area contributed by atoms with Crippen LogP contribution in [0.1, 0.15) is 101 Å². The van der Waals surface area contributed by atoms with E-state index >= 15 is 0 Å². The van der Waals surface area contributed by atoms with Crippen molar-refractivity contribution in [1.29, 1.82) is 0 Å². The maximum Gasteiger partial charge on any atom is 0.348 e. The number of likely N-dealkylation sites (tertiary alicyclic amines) is 1. The zero-order valence-corrected chi connectivity index (χ0v) is 30.6. The van der Waals surface area contributed by atoms with Gasteiger partial charge in [-0.05, 0) is 30.4 Å². The Hall–Kier alpha value is -2.78. The quantitative estimate of drug-likeness (QED) is 0.0736. The first-order chi connectivity index (χ1) is 24.3. The molecule has 0 N–H and O–H groups in total. The molecule has 50 heavy (non-hydrogen) atoms. The lowest BCUT2D eigenvalue weighted by atomic mass is 9.39. The summed E-state index contributed by atoms with van der Waals surface area (Å²) in [7, 11) is 4.56. The third-order valence-electron chi connectivity index (χ3n) is 13.3. The number of esters is 2. The van der Waals surface area contributed by atoms with Crippen molar-refractivity contribution in [3.8, 4) is 0 Å². The fourth-order valence-electron chi connectivity index (χ4n) is 10.6. The zero-order valence-electron chi connectivity index (χ0n) is 30.6. The standard InChI is InChI=1S/C42H60N2O6/c1-43(2)28-24-35(31-43)47-29-17-7-5-3-4-6-14-22-39(45)48-32-49-42(33-18-10-8-11-19-33,34-20-12-9-13-21-34)40(46)50-38-30-37-41(38)25-23-36(41)44(37)26-15-16-27-44/h8-13,18-21,35-38H,3-7,14-17,22-32H2,1-2H3/q+2. The van der Waals surface area contributed by atoms with Crippen LogP contribution in [0, 0.1) is 5.41 Å². The Morgan fingerprint density at radius 3 is 2.02 bits per heavy atom. The number of carbonyl (C=O) groups excluding carboxylic acids is 2. The summed E-state index contributed by atoms with van der Waals surface area (Å²) in [5.41, 5.74) is -0.0381. The molecule has 8 nitrogen and oxygen atoms in total. The summed E-state index contributed by atoms with van der Waals surface area (Å²) in [4.78, 5) is 27.4. The number of rotatable bonds is 18. The molecule has 0 amide bonds. The average Bonchev–Trinajstić information content (AvgIpc) is 3.72. The predicted octanol–water partition coefficient (Wildman–Crippen LogP) is 6.89. The van der Waals surface area contributed by atoms with Crippen molar-refractivity contribution in [3.63, 3.8) is 0 Å². The summed E-state index contributed by atoms with van der Waals surface area (Å²) in [6, 6.07) is 20.4. The van der Waals surface area contributed by atoms with Crippen LogP contribution in [0.3, 0.4) is 0 Å². The monoisotopic (exact) mass is 688 g/mol. The lowest BCUT2D eigenvalue weighted by Crippen LogP contribution is -2.94. The number of piperidine rings is 2. The second kappa shape index (κ2) is 15.1. The van der Waals surface area contributed by atoms with Gasteiger partial charge in [0, 0.05) is 45.1 Å². The molecule has 0 radical (unpaired) electrons. The van der Waals surface area contributed by atoms with Crippen LogP contribution in [0.4, 0.5) is 0 Å². The molecule has 272 valence electrons. The van der Waals surface area contributed by atoms with Gasteiger partial charge in [-0.15, -0.1) is 0 Å². The number of unbranched alkanes of at least 4 members (excludes halogenated alkanes) is 6. The molecule has 0 aromatic heterocycles. The molecule has 2 saturated carbocycles. The number of nitrogens with zero attached hydrogens (tertiary/aromatic N) is 2. The molecule has 3 saturated heterocycles. The number of hydrogen-bond acceptors (Lipinski definition) is 6. The lowest BCUT2D eigenvalue weighted by Gasteiger charge is -2.80. The number of ether oxygens (including phenoxy) is 4. The van der Waals surface area contributed by atoms with Gasteiger partial charge in [0.05, 0.1) is 33.7 Å². The van der Waals surface area contributed by atoms with E-state index in [0.29, 0.717) is 35.7 Å². The van der Waals surface area contributed by atoms with E-state index in [0.717, 1.165) is 56.2 Å². The first-order valence-electron chi connectivity index (χ1n) is 19.7. The Labute approximate surface area is 299 Å². The molecule has 3 heterocycles. The zero-order chi connectivity index (χ0) is 34.7. The third kappa shape index (κ3) is 6.66. The molecular formula is C42H60N2O6+2. The topological polar surface area (TPSA) is 71.1 Å². The molecule has 5 aliphatic rings. The van der Waals surface area contributed by atoms with Crippen LogP contribution in [0.25, 0.3) is 0 Å². The lowest BCUT2D eigenvalue weighted by molar-refractivity contribution is -1.05. The summed E-state index contributed by atoms with van der Waals surface area (Å²) in [6.07, 6.45) is 15.4. The van der Waals surface area contributed by atoms with Crippen LogP contribution in [0.5, 0.6) is 0 Å². The Kier molecular flexibility index (Phi) is 10.7. The minimum atomic E-state index is -1.54. The van der Waals surface area contributed by atoms with Crippen LogP contribution in [0.15, 0.2) is 60.7 Å². The molecule has 0 bridgehead atoms. The molecule has 2 aromatic rings. The Balaban J connectivity index is 0.883. The fourth-order valence-corrected chi connectivity index (χ4v) is 10.6. The van der Waals surface area contributed by atoms with Gasteiger partial charge in [-0.3, -0.25) is 4.79 Å². The number of benzene rings is 2. The van der Waals surface area contributed by atoms with Crippen LogP contribution in [0.2, 0.25) is 0 Å². The molecule has 5 atom stereocenters. The second-order valence-electron chi connectivity index (χ2n) is 16.6. The molecule has 5 unspecified atom stereocenters. The minimum Gasteiger partial charge on any atom is -0.458 e. The largest absolute Gasteiger partial charge is 0.458 e. The maximum absolute atomic E-state index is 14.5. The molecule has 5 fully saturated rings. The normalized spacial score (nSPS) is 28.5. The average molecular weight is 689 g/mol. The SMILES string of the molecule is C[N+]1(C)CCC(OCCCCCCCCCC(=O)OCOC(C(=O)OC2CC3C24CCC4[N+]32CCCC2)(c2ccccc2)c2ccccc2)C1. The van der Waals surface area contributed by atoms with Gasteiger partial charge in [0.1, 0.15) is 36.3 Å². The highest BCUT2D eigenvalue weighted by Gasteiger charge is 2.86. The number of likely N-dealkylation sites (N-methyl/N-ethyl adjacent to an activating group) is 1. The first kappa shape index (κ1) is 35.6. The summed E-state index contributed by atoms with van der Waals surface area (Å²) in [5.74, 6) is -0.714. The molecule has 8 heteroatoms. The first-order valence-corrected chi connectivity index (χ1v) is 19.7. The van der Waals surface area contributed by atoms with Crippen molar-refractivity contribution in [3.05, 3.63) is 71.8 Å². The van der Waals surface area contributed by atoms with Gasteiger partial charge in [-0.2, -0.15) is 0 Å². The summed E-state index contributed by atoms with van der Waals surface area (Å²) < 4.78 is 27.0. The van der Waals surface area contributed by atoms with Gasteiger partial charge in [0.25, 0.3) is 0 Å². The van der Waals surface area contributed by atoms with Crippen molar-refractivity contribution < 1.29 is 37.5 Å². The van der Waals surface area contributed by atoms with E-state index in [1.807, 2.05) is 60.7 Å². The van der Waals surface area contributed by atoms with Crippen molar-refractivity contribution >= 4 is 11.9 Å². The predicted molar refractivity (Wildman–Crippen MR) is 192 cm³/mol. The minimum absolute atomic E-state index is 0.0849. The van der Waals surface area contributed by atoms with Crippen molar-refractivity contribution in [2.45, 2.75) is 120 Å². The summed E-state index contributed by atoms with van der Waals surface area (Å²) in [5, 5.41) is 0. The number of hydrogen-bond donors (Lipinski definition) is 0. The highest BCUT2D eigenvalue weighted by molar-refractivity contribution is 5.86. The van der Waals surface area contributed by atoms with Crippen LogP contribution >= 0.6 is 0 Å². The molecule has 2 aromatic carbocycles. The van der Waals surface area contributed by atoms with Crippen LogP contribution in [-0.4, -0.2) is 98.9 Å². The molecule has 3 aliphatic heterocycles. The Morgan fingerprint density at radius 2 is 1.44 bits per heavy atom.